The zero-order chi connectivity index (χ0) is 25.5. The van der Waals surface area contributed by atoms with Gasteiger partial charge in [0.25, 0.3) is 0 Å². The smallest absolute Gasteiger partial charge is 0.358 e. The van der Waals surface area contributed by atoms with Crippen LogP contribution in [0.3, 0.4) is 0 Å². The van der Waals surface area contributed by atoms with Crippen molar-refractivity contribution in [3.05, 3.63) is 60.3 Å². The number of amides is 1. The van der Waals surface area contributed by atoms with Gasteiger partial charge in [-0.05, 0) is 43.7 Å². The topological polar surface area (TPSA) is 76.9 Å². The molecule has 8 nitrogen and oxygen atoms in total. The molecule has 3 aromatic rings. The first kappa shape index (κ1) is 25.3. The molecule has 0 bridgehead atoms. The lowest BCUT2D eigenvalue weighted by molar-refractivity contribution is -0.131. The Hall–Kier alpha value is -3.81. The fourth-order valence-corrected chi connectivity index (χ4v) is 4.42. The number of methoxy groups -OCH3 is 1. The van der Waals surface area contributed by atoms with Crippen molar-refractivity contribution in [2.75, 3.05) is 44.8 Å². The van der Waals surface area contributed by atoms with Gasteiger partial charge in [0.05, 0.1) is 19.4 Å². The molecule has 1 aliphatic heterocycles. The van der Waals surface area contributed by atoms with Crippen LogP contribution in [0.5, 0.6) is 5.75 Å². The summed E-state index contributed by atoms with van der Waals surface area (Å²) in [5.74, 6) is 0.449. The Morgan fingerprint density at radius 3 is 2.36 bits per heavy atom. The number of benzene rings is 2. The van der Waals surface area contributed by atoms with Gasteiger partial charge in [-0.1, -0.05) is 37.6 Å². The molecule has 36 heavy (non-hydrogen) atoms. The van der Waals surface area contributed by atoms with Crippen molar-refractivity contribution in [1.29, 1.82) is 0 Å². The maximum Gasteiger partial charge on any atom is 0.358 e. The number of ether oxygens (including phenoxy) is 2. The Balaban J connectivity index is 1.57. The lowest BCUT2D eigenvalue weighted by Crippen LogP contribution is -2.48. The summed E-state index contributed by atoms with van der Waals surface area (Å²) in [6.45, 7) is 7.27. The van der Waals surface area contributed by atoms with Crippen LogP contribution >= 0.6 is 0 Å². The number of hydrogen-bond donors (Lipinski definition) is 0. The molecule has 2 heterocycles. The number of rotatable bonds is 9. The van der Waals surface area contributed by atoms with E-state index in [1.54, 1.807) is 24.8 Å². The number of hydrogen-bond acceptors (Lipinski definition) is 6. The van der Waals surface area contributed by atoms with Gasteiger partial charge in [0.1, 0.15) is 11.4 Å². The van der Waals surface area contributed by atoms with E-state index in [0.717, 1.165) is 61.7 Å². The molecule has 0 aliphatic carbocycles. The Bertz CT molecular complexity index is 1180. The van der Waals surface area contributed by atoms with E-state index in [0.29, 0.717) is 12.2 Å². The summed E-state index contributed by atoms with van der Waals surface area (Å²) in [4.78, 5) is 29.1. The van der Waals surface area contributed by atoms with E-state index in [1.807, 2.05) is 41.3 Å². The highest BCUT2D eigenvalue weighted by Gasteiger charge is 2.22. The van der Waals surface area contributed by atoms with Gasteiger partial charge in [0, 0.05) is 43.9 Å². The summed E-state index contributed by atoms with van der Waals surface area (Å²) in [5, 5.41) is 4.56. The van der Waals surface area contributed by atoms with E-state index in [4.69, 9.17) is 9.47 Å². The van der Waals surface area contributed by atoms with E-state index in [-0.39, 0.29) is 18.2 Å². The molecule has 0 radical (unpaired) electrons. The molecule has 0 saturated carbocycles. The molecular formula is C28H34N4O4. The van der Waals surface area contributed by atoms with Gasteiger partial charge in [0.15, 0.2) is 5.69 Å². The highest BCUT2D eigenvalue weighted by molar-refractivity contribution is 5.89. The number of aromatic nitrogens is 2. The minimum absolute atomic E-state index is 0.241. The van der Waals surface area contributed by atoms with Crippen LogP contribution in [-0.4, -0.2) is 66.5 Å². The third-order valence-electron chi connectivity index (χ3n) is 6.41. The van der Waals surface area contributed by atoms with E-state index in [9.17, 15) is 9.59 Å². The summed E-state index contributed by atoms with van der Waals surface area (Å²) < 4.78 is 12.5. The quantitative estimate of drug-likeness (QED) is 0.409. The van der Waals surface area contributed by atoms with Crippen molar-refractivity contribution in [3.8, 4) is 22.7 Å². The fraction of sp³-hybridized carbons (Fsp3) is 0.393. The third-order valence-corrected chi connectivity index (χ3v) is 6.41. The maximum atomic E-state index is 12.5. The normalized spacial score (nSPS) is 13.5. The van der Waals surface area contributed by atoms with Gasteiger partial charge < -0.3 is 19.3 Å². The molecule has 0 N–H and O–H groups in total. The van der Waals surface area contributed by atoms with Crippen LogP contribution in [0.4, 0.5) is 5.69 Å². The van der Waals surface area contributed by atoms with E-state index in [2.05, 4.69) is 29.1 Å². The van der Waals surface area contributed by atoms with Crippen LogP contribution in [0.25, 0.3) is 16.9 Å². The zero-order valence-electron chi connectivity index (χ0n) is 21.3. The minimum atomic E-state index is -0.463. The van der Waals surface area contributed by atoms with Crippen molar-refractivity contribution in [3.63, 3.8) is 0 Å². The van der Waals surface area contributed by atoms with Crippen LogP contribution in [0, 0.1) is 0 Å². The van der Waals surface area contributed by atoms with E-state index < -0.39 is 5.97 Å². The number of para-hydroxylation sites is 2. The van der Waals surface area contributed by atoms with Crippen molar-refractivity contribution in [1.82, 2.24) is 14.7 Å². The van der Waals surface area contributed by atoms with E-state index in [1.165, 1.54) is 0 Å². The van der Waals surface area contributed by atoms with Gasteiger partial charge in [-0.3, -0.25) is 4.79 Å². The lowest BCUT2D eigenvalue weighted by atomic mass is 10.1. The number of piperazine rings is 1. The van der Waals surface area contributed by atoms with Crippen molar-refractivity contribution in [2.45, 2.75) is 33.1 Å². The fourth-order valence-electron chi connectivity index (χ4n) is 4.42. The second-order valence-electron chi connectivity index (χ2n) is 8.74. The van der Waals surface area contributed by atoms with Crippen LogP contribution < -0.4 is 9.64 Å². The average molecular weight is 491 g/mol. The van der Waals surface area contributed by atoms with Crippen molar-refractivity contribution < 1.29 is 19.1 Å². The third kappa shape index (κ3) is 5.53. The molecule has 1 aromatic heterocycles. The van der Waals surface area contributed by atoms with Gasteiger partial charge >= 0.3 is 5.97 Å². The molecule has 1 fully saturated rings. The zero-order valence-corrected chi connectivity index (χ0v) is 21.3. The van der Waals surface area contributed by atoms with Gasteiger partial charge in [0.2, 0.25) is 5.91 Å². The average Bonchev–Trinajstić information content (AvgIpc) is 3.37. The Kier molecular flexibility index (Phi) is 8.25. The SMILES string of the molecule is CCCCC(=O)N1CCN(c2ccc(-c3cc(C(=O)OCC)nn3-c3ccccc3OC)cc2)CC1. The Morgan fingerprint density at radius 2 is 1.69 bits per heavy atom. The van der Waals surface area contributed by atoms with Crippen molar-refractivity contribution in [2.24, 2.45) is 0 Å². The summed E-state index contributed by atoms with van der Waals surface area (Å²) in [6, 6.07) is 17.5. The summed E-state index contributed by atoms with van der Waals surface area (Å²) in [5.41, 5.74) is 3.76. The number of carbonyl (C=O) groups is 2. The van der Waals surface area contributed by atoms with Crippen LogP contribution in [0.2, 0.25) is 0 Å². The molecule has 0 spiro atoms. The largest absolute Gasteiger partial charge is 0.494 e. The predicted octanol–water partition coefficient (Wildman–Crippen LogP) is 4.56. The number of unbranched alkanes of at least 4 members (excludes halogenated alkanes) is 1. The lowest BCUT2D eigenvalue weighted by Gasteiger charge is -2.36. The number of carbonyl (C=O) groups excluding carboxylic acids is 2. The molecule has 0 atom stereocenters. The maximum absolute atomic E-state index is 12.5. The number of anilines is 1. The first-order valence-corrected chi connectivity index (χ1v) is 12.6. The summed E-state index contributed by atoms with van der Waals surface area (Å²) in [7, 11) is 1.61. The highest BCUT2D eigenvalue weighted by Crippen LogP contribution is 2.30. The standard InChI is InChI=1S/C28H34N4O4/c1-4-6-11-27(33)31-18-16-30(17-19-31)22-14-12-21(13-15-22)25-20-23(28(34)36-5-2)29-32(25)24-9-7-8-10-26(24)35-3/h7-10,12-15,20H,4-6,11,16-19H2,1-3H3. The molecule has 190 valence electrons. The van der Waals surface area contributed by atoms with Gasteiger partial charge in [-0.2, -0.15) is 5.10 Å². The molecule has 4 rings (SSSR count). The molecular weight excluding hydrogens is 456 g/mol. The Labute approximate surface area is 212 Å². The van der Waals surface area contributed by atoms with Crippen LogP contribution in [-0.2, 0) is 9.53 Å². The Morgan fingerprint density at radius 1 is 0.972 bits per heavy atom. The highest BCUT2D eigenvalue weighted by atomic mass is 16.5. The second kappa shape index (κ2) is 11.7. The first-order valence-electron chi connectivity index (χ1n) is 12.6. The molecule has 1 aliphatic rings. The summed E-state index contributed by atoms with van der Waals surface area (Å²) >= 11 is 0. The molecule has 8 heteroatoms. The number of esters is 1. The second-order valence-corrected chi connectivity index (χ2v) is 8.74. The minimum Gasteiger partial charge on any atom is -0.494 e. The van der Waals surface area contributed by atoms with E-state index >= 15 is 0 Å². The van der Waals surface area contributed by atoms with Gasteiger partial charge in [-0.25, -0.2) is 9.48 Å². The van der Waals surface area contributed by atoms with Crippen molar-refractivity contribution >= 4 is 17.6 Å². The monoisotopic (exact) mass is 490 g/mol. The summed E-state index contributed by atoms with van der Waals surface area (Å²) in [6.07, 6.45) is 2.62. The van der Waals surface area contributed by atoms with Crippen LogP contribution in [0.1, 0.15) is 43.6 Å². The first-order chi connectivity index (χ1) is 17.5. The molecule has 1 saturated heterocycles. The predicted molar refractivity (Wildman–Crippen MR) is 140 cm³/mol. The van der Waals surface area contributed by atoms with Crippen LogP contribution in [0.15, 0.2) is 54.6 Å². The molecule has 0 unspecified atom stereocenters. The molecule has 2 aromatic carbocycles. The molecule has 1 amide bonds. The number of nitrogens with zero attached hydrogens (tertiary/aromatic N) is 4. The van der Waals surface area contributed by atoms with Gasteiger partial charge in [-0.15, -0.1) is 0 Å².